The number of ketones is 1. The first-order chi connectivity index (χ1) is 16.8. The lowest BCUT2D eigenvalue weighted by Gasteiger charge is -2.34. The van der Waals surface area contributed by atoms with E-state index in [9.17, 15) is 9.59 Å². The number of amides is 2. The number of nitrogens with one attached hydrogen (secondary N) is 1. The maximum absolute atomic E-state index is 13.3. The quantitative estimate of drug-likeness (QED) is 0.484. The van der Waals surface area contributed by atoms with Crippen LogP contribution in [-0.2, 0) is 17.8 Å². The number of carbonyl (C=O) groups excluding carboxylic acids is 2. The predicted molar refractivity (Wildman–Crippen MR) is 135 cm³/mol. The van der Waals surface area contributed by atoms with Crippen molar-refractivity contribution in [3.8, 4) is 11.5 Å². The molecule has 0 radical (unpaired) electrons. The standard InChI is InChI=1S/C26H27N5O4/c1-6-20(32)10-17-8-7-16(2)9-23(17)28-25-27-14-18-15-31(26(33)30(3)24(18)29-25)19-11-21(34-4)13-22(12-19)35-5/h6-9,11-14H,1,10,15H2,2-5H3,(H,27,28,29). The Morgan fingerprint density at radius 1 is 1.17 bits per heavy atom. The molecule has 0 bridgehead atoms. The van der Waals surface area contributed by atoms with Gasteiger partial charge in [-0.15, -0.1) is 0 Å². The topological polar surface area (TPSA) is 96.9 Å². The number of hydrogen-bond donors (Lipinski definition) is 1. The van der Waals surface area contributed by atoms with E-state index in [4.69, 9.17) is 9.47 Å². The highest BCUT2D eigenvalue weighted by Crippen LogP contribution is 2.34. The van der Waals surface area contributed by atoms with E-state index in [2.05, 4.69) is 21.9 Å². The van der Waals surface area contributed by atoms with Gasteiger partial charge in [-0.2, -0.15) is 4.98 Å². The number of rotatable bonds is 8. The highest BCUT2D eigenvalue weighted by atomic mass is 16.5. The molecule has 1 aliphatic rings. The number of fused-ring (bicyclic) bond motifs is 1. The summed E-state index contributed by atoms with van der Waals surface area (Å²) in [5.41, 5.74) is 3.99. The molecule has 9 nitrogen and oxygen atoms in total. The summed E-state index contributed by atoms with van der Waals surface area (Å²) in [6, 6.07) is 10.8. The smallest absolute Gasteiger partial charge is 0.330 e. The molecule has 1 aliphatic heterocycles. The fourth-order valence-electron chi connectivity index (χ4n) is 3.86. The molecule has 2 heterocycles. The van der Waals surface area contributed by atoms with E-state index in [-0.39, 0.29) is 18.2 Å². The van der Waals surface area contributed by atoms with E-state index in [1.54, 1.807) is 50.6 Å². The third-order valence-corrected chi connectivity index (χ3v) is 5.76. The minimum Gasteiger partial charge on any atom is -0.497 e. The van der Waals surface area contributed by atoms with Gasteiger partial charge >= 0.3 is 6.03 Å². The number of carbonyl (C=O) groups is 2. The molecular weight excluding hydrogens is 446 g/mol. The Bertz CT molecular complexity index is 1280. The fourth-order valence-corrected chi connectivity index (χ4v) is 3.86. The van der Waals surface area contributed by atoms with E-state index in [0.717, 1.165) is 22.4 Å². The van der Waals surface area contributed by atoms with Gasteiger partial charge in [-0.05, 0) is 30.2 Å². The van der Waals surface area contributed by atoms with Crippen LogP contribution < -0.4 is 24.6 Å². The van der Waals surface area contributed by atoms with Gasteiger partial charge in [0.1, 0.15) is 17.3 Å². The van der Waals surface area contributed by atoms with Crippen molar-refractivity contribution in [1.82, 2.24) is 9.97 Å². The number of hydrogen-bond acceptors (Lipinski definition) is 7. The Balaban J connectivity index is 1.64. The lowest BCUT2D eigenvalue weighted by molar-refractivity contribution is -0.114. The van der Waals surface area contributed by atoms with Gasteiger partial charge in [0.15, 0.2) is 5.78 Å². The third-order valence-electron chi connectivity index (χ3n) is 5.76. The van der Waals surface area contributed by atoms with Crippen LogP contribution in [-0.4, -0.2) is 43.0 Å². The summed E-state index contributed by atoms with van der Waals surface area (Å²) in [5.74, 6) is 1.93. The molecule has 0 spiro atoms. The number of aromatic nitrogens is 2. The Hall–Kier alpha value is -4.40. The molecule has 2 amide bonds. The first kappa shape index (κ1) is 23.7. The number of anilines is 4. The van der Waals surface area contributed by atoms with Crippen molar-refractivity contribution in [2.75, 3.05) is 36.4 Å². The summed E-state index contributed by atoms with van der Waals surface area (Å²) in [7, 11) is 4.79. The van der Waals surface area contributed by atoms with Gasteiger partial charge in [-0.1, -0.05) is 18.7 Å². The van der Waals surface area contributed by atoms with Crippen molar-refractivity contribution in [2.24, 2.45) is 0 Å². The molecule has 1 aromatic heterocycles. The molecule has 35 heavy (non-hydrogen) atoms. The van der Waals surface area contributed by atoms with E-state index in [1.165, 1.54) is 11.0 Å². The van der Waals surface area contributed by atoms with Crippen LogP contribution in [0.25, 0.3) is 0 Å². The van der Waals surface area contributed by atoms with Gasteiger partial charge in [-0.3, -0.25) is 14.6 Å². The van der Waals surface area contributed by atoms with Crippen LogP contribution in [0.3, 0.4) is 0 Å². The number of nitrogens with zero attached hydrogens (tertiary/aromatic N) is 4. The van der Waals surface area contributed by atoms with Crippen LogP contribution in [0.2, 0.25) is 0 Å². The van der Waals surface area contributed by atoms with Gasteiger partial charge in [0, 0.05) is 49.1 Å². The summed E-state index contributed by atoms with van der Waals surface area (Å²) in [6.07, 6.45) is 3.22. The Kier molecular flexibility index (Phi) is 6.68. The number of benzene rings is 2. The number of urea groups is 1. The minimum absolute atomic E-state index is 0.0807. The molecule has 180 valence electrons. The molecule has 3 aromatic rings. The maximum atomic E-state index is 13.3. The number of aryl methyl sites for hydroxylation is 1. The zero-order valence-electron chi connectivity index (χ0n) is 20.2. The summed E-state index contributed by atoms with van der Waals surface area (Å²) in [4.78, 5) is 37.4. The van der Waals surface area contributed by atoms with E-state index in [0.29, 0.717) is 35.5 Å². The number of allylic oxidation sites excluding steroid dienone is 1. The second-order valence-corrected chi connectivity index (χ2v) is 8.17. The first-order valence-electron chi connectivity index (χ1n) is 11.0. The Labute approximate surface area is 204 Å². The van der Waals surface area contributed by atoms with Gasteiger partial charge in [0.25, 0.3) is 0 Å². The lowest BCUT2D eigenvalue weighted by atomic mass is 10.0. The molecular formula is C26H27N5O4. The average molecular weight is 474 g/mol. The summed E-state index contributed by atoms with van der Waals surface area (Å²) >= 11 is 0. The molecule has 0 saturated carbocycles. The first-order valence-corrected chi connectivity index (χ1v) is 11.0. The van der Waals surface area contributed by atoms with E-state index < -0.39 is 0 Å². The van der Waals surface area contributed by atoms with Crippen molar-refractivity contribution in [1.29, 1.82) is 0 Å². The molecule has 0 atom stereocenters. The number of ether oxygens (including phenoxy) is 2. The molecule has 0 saturated heterocycles. The van der Waals surface area contributed by atoms with Crippen molar-refractivity contribution in [3.05, 3.63) is 71.9 Å². The van der Waals surface area contributed by atoms with Crippen molar-refractivity contribution >= 4 is 35.0 Å². The average Bonchev–Trinajstić information content (AvgIpc) is 2.87. The molecule has 2 aromatic carbocycles. The zero-order valence-corrected chi connectivity index (χ0v) is 20.2. The highest BCUT2D eigenvalue weighted by molar-refractivity contribution is 6.05. The normalized spacial score (nSPS) is 12.7. The summed E-state index contributed by atoms with van der Waals surface area (Å²) in [5, 5.41) is 3.21. The SMILES string of the molecule is C=CC(=O)Cc1ccc(C)cc1Nc1ncc2c(n1)N(C)C(=O)N(c1cc(OC)cc(OC)c1)C2. The minimum atomic E-state index is -0.245. The van der Waals surface area contributed by atoms with Crippen LogP contribution in [0.4, 0.5) is 27.9 Å². The molecule has 0 aliphatic carbocycles. The molecule has 0 unspecified atom stereocenters. The zero-order chi connectivity index (χ0) is 25.1. The number of methoxy groups -OCH3 is 2. The largest absolute Gasteiger partial charge is 0.497 e. The summed E-state index contributed by atoms with van der Waals surface area (Å²) in [6.45, 7) is 5.80. The monoisotopic (exact) mass is 473 g/mol. The molecule has 9 heteroatoms. The van der Waals surface area contributed by atoms with Crippen LogP contribution in [0.5, 0.6) is 11.5 Å². The van der Waals surface area contributed by atoms with Crippen molar-refractivity contribution in [2.45, 2.75) is 19.9 Å². The molecule has 0 fully saturated rings. The highest BCUT2D eigenvalue weighted by Gasteiger charge is 2.31. The van der Waals surface area contributed by atoms with Crippen LogP contribution in [0, 0.1) is 6.92 Å². The van der Waals surface area contributed by atoms with Gasteiger partial charge in [0.2, 0.25) is 5.95 Å². The van der Waals surface area contributed by atoms with E-state index in [1.807, 2.05) is 25.1 Å². The van der Waals surface area contributed by atoms with Crippen LogP contribution >= 0.6 is 0 Å². The molecule has 1 N–H and O–H groups in total. The van der Waals surface area contributed by atoms with E-state index >= 15 is 0 Å². The maximum Gasteiger partial charge on any atom is 0.330 e. The molecule has 4 rings (SSSR count). The Morgan fingerprint density at radius 3 is 2.54 bits per heavy atom. The second-order valence-electron chi connectivity index (χ2n) is 8.17. The predicted octanol–water partition coefficient (Wildman–Crippen LogP) is 4.42. The Morgan fingerprint density at radius 2 is 1.89 bits per heavy atom. The summed E-state index contributed by atoms with van der Waals surface area (Å²) < 4.78 is 10.7. The van der Waals surface area contributed by atoms with Gasteiger partial charge in [0.05, 0.1) is 26.5 Å². The van der Waals surface area contributed by atoms with Crippen molar-refractivity contribution < 1.29 is 19.1 Å². The van der Waals surface area contributed by atoms with Crippen molar-refractivity contribution in [3.63, 3.8) is 0 Å². The fraction of sp³-hybridized carbons (Fsp3) is 0.231. The lowest BCUT2D eigenvalue weighted by Crippen LogP contribution is -2.46. The van der Waals surface area contributed by atoms with Gasteiger partial charge < -0.3 is 14.8 Å². The van der Waals surface area contributed by atoms with Crippen LogP contribution in [0.1, 0.15) is 16.7 Å². The van der Waals surface area contributed by atoms with Gasteiger partial charge in [-0.25, -0.2) is 9.78 Å². The third kappa shape index (κ3) is 4.93. The second kappa shape index (κ2) is 9.84. The van der Waals surface area contributed by atoms with Crippen LogP contribution in [0.15, 0.2) is 55.3 Å².